The summed E-state index contributed by atoms with van der Waals surface area (Å²) in [6.07, 6.45) is 8.35. The van der Waals surface area contributed by atoms with Gasteiger partial charge in [-0.15, -0.1) is 5.10 Å². The van der Waals surface area contributed by atoms with Crippen molar-refractivity contribution in [3.8, 4) is 0 Å². The molecule has 20 heavy (non-hydrogen) atoms. The van der Waals surface area contributed by atoms with Crippen LogP contribution in [0.5, 0.6) is 0 Å². The van der Waals surface area contributed by atoms with Crippen LogP contribution in [0.3, 0.4) is 0 Å². The third kappa shape index (κ3) is 4.02. The van der Waals surface area contributed by atoms with Gasteiger partial charge in [-0.2, -0.15) is 0 Å². The van der Waals surface area contributed by atoms with Crippen molar-refractivity contribution < 1.29 is 9.90 Å². The summed E-state index contributed by atoms with van der Waals surface area (Å²) in [5.74, 6) is -0.219. The number of unbranched alkanes of at least 4 members (excludes halogenated alkanes) is 5. The van der Waals surface area contributed by atoms with Gasteiger partial charge in [-0.25, -0.2) is 9.48 Å². The number of tetrazole rings is 1. The smallest absolute Gasteiger partial charge is 0.331 e. The second-order valence-corrected chi connectivity index (χ2v) is 5.46. The summed E-state index contributed by atoms with van der Waals surface area (Å²) in [4.78, 5) is 11.4. The number of hydrogen-bond donors (Lipinski definition) is 1. The molecule has 6 nitrogen and oxygen atoms in total. The summed E-state index contributed by atoms with van der Waals surface area (Å²) in [6.45, 7) is 5.70. The Kier molecular flexibility index (Phi) is 6.61. The van der Waals surface area contributed by atoms with E-state index < -0.39 is 11.5 Å². The van der Waals surface area contributed by atoms with E-state index in [1.165, 1.54) is 30.4 Å². The molecule has 0 amide bonds. The van der Waals surface area contributed by atoms with Crippen LogP contribution in [0.4, 0.5) is 0 Å². The van der Waals surface area contributed by atoms with Gasteiger partial charge in [0.25, 0.3) is 0 Å². The Bertz CT molecular complexity index is 419. The molecule has 114 valence electrons. The molecule has 0 aromatic carbocycles. The standard InChI is InChI=1S/C14H26N4O2/c1-4-6-7-8-9-10-11-12-15-16-17-18(12)14(3,5-2)13(19)20/h4-11H2,1-3H3,(H,19,20). The fraction of sp³-hybridized carbons (Fsp3) is 0.857. The first-order chi connectivity index (χ1) is 9.56. The third-order valence-corrected chi connectivity index (χ3v) is 3.90. The van der Waals surface area contributed by atoms with Gasteiger partial charge in [-0.05, 0) is 30.2 Å². The van der Waals surface area contributed by atoms with Crippen LogP contribution in [-0.2, 0) is 16.8 Å². The molecule has 1 unspecified atom stereocenters. The zero-order valence-corrected chi connectivity index (χ0v) is 12.8. The molecule has 6 heteroatoms. The van der Waals surface area contributed by atoms with Crippen LogP contribution in [0.1, 0.15) is 71.5 Å². The number of rotatable bonds is 10. The molecule has 1 atom stereocenters. The second-order valence-electron chi connectivity index (χ2n) is 5.46. The normalized spacial score (nSPS) is 14.2. The highest BCUT2D eigenvalue weighted by atomic mass is 16.4. The van der Waals surface area contributed by atoms with E-state index in [0.717, 1.165) is 19.3 Å². The molecule has 1 aromatic heterocycles. The fourth-order valence-corrected chi connectivity index (χ4v) is 2.20. The third-order valence-electron chi connectivity index (χ3n) is 3.90. The van der Waals surface area contributed by atoms with Crippen LogP contribution in [0, 0.1) is 0 Å². The highest BCUT2D eigenvalue weighted by Gasteiger charge is 2.36. The monoisotopic (exact) mass is 282 g/mol. The van der Waals surface area contributed by atoms with Crippen molar-refractivity contribution in [1.29, 1.82) is 0 Å². The number of hydrogen-bond acceptors (Lipinski definition) is 4. The van der Waals surface area contributed by atoms with Crippen LogP contribution in [0.15, 0.2) is 0 Å². The van der Waals surface area contributed by atoms with Gasteiger partial charge in [0.15, 0.2) is 11.4 Å². The predicted octanol–water partition coefficient (Wildman–Crippen LogP) is 2.79. The maximum absolute atomic E-state index is 11.4. The molecule has 0 aliphatic carbocycles. The Hall–Kier alpha value is -1.46. The van der Waals surface area contributed by atoms with Gasteiger partial charge in [0.05, 0.1) is 0 Å². The summed E-state index contributed by atoms with van der Waals surface area (Å²) in [5.41, 5.74) is -1.05. The van der Waals surface area contributed by atoms with Crippen LogP contribution in [-0.4, -0.2) is 31.3 Å². The molecule has 1 aromatic rings. The first-order valence-electron chi connectivity index (χ1n) is 7.57. The summed E-state index contributed by atoms with van der Waals surface area (Å²) >= 11 is 0. The van der Waals surface area contributed by atoms with E-state index in [9.17, 15) is 9.90 Å². The minimum atomic E-state index is -1.05. The largest absolute Gasteiger partial charge is 0.479 e. The van der Waals surface area contributed by atoms with E-state index in [-0.39, 0.29) is 0 Å². The molecule has 0 spiro atoms. The van der Waals surface area contributed by atoms with Gasteiger partial charge < -0.3 is 5.11 Å². The quantitative estimate of drug-likeness (QED) is 0.667. The summed E-state index contributed by atoms with van der Waals surface area (Å²) in [7, 11) is 0. The Balaban J connectivity index is 2.56. The number of carboxylic acids is 1. The number of carbonyl (C=O) groups is 1. The molecule has 0 radical (unpaired) electrons. The van der Waals surface area contributed by atoms with Crippen molar-refractivity contribution in [3.05, 3.63) is 5.82 Å². The van der Waals surface area contributed by atoms with Crippen molar-refractivity contribution in [2.45, 2.75) is 77.7 Å². The molecule has 0 fully saturated rings. The minimum absolute atomic E-state index is 0.455. The van der Waals surface area contributed by atoms with Gasteiger partial charge >= 0.3 is 5.97 Å². The Morgan fingerprint density at radius 1 is 1.20 bits per heavy atom. The maximum atomic E-state index is 11.4. The number of aliphatic carboxylic acids is 1. The number of carboxylic acid groups (broad SMARTS) is 1. The van der Waals surface area contributed by atoms with Crippen molar-refractivity contribution in [3.63, 3.8) is 0 Å². The van der Waals surface area contributed by atoms with Crippen molar-refractivity contribution >= 4 is 5.97 Å². The van der Waals surface area contributed by atoms with Crippen molar-refractivity contribution in [2.75, 3.05) is 0 Å². The Morgan fingerprint density at radius 3 is 2.45 bits per heavy atom. The number of aryl methyl sites for hydroxylation is 1. The van der Waals surface area contributed by atoms with E-state index in [1.54, 1.807) is 6.92 Å². The first kappa shape index (κ1) is 16.6. The van der Waals surface area contributed by atoms with Crippen LogP contribution in [0.2, 0.25) is 0 Å². The SMILES string of the molecule is CCCCCCCCc1nnnn1C(C)(CC)C(=O)O. The molecule has 1 heterocycles. The minimum Gasteiger partial charge on any atom is -0.479 e. The molecular weight excluding hydrogens is 256 g/mol. The van der Waals surface area contributed by atoms with E-state index in [0.29, 0.717) is 12.2 Å². The van der Waals surface area contributed by atoms with E-state index in [4.69, 9.17) is 0 Å². The second kappa shape index (κ2) is 7.97. The molecule has 0 bridgehead atoms. The van der Waals surface area contributed by atoms with Gasteiger partial charge in [-0.3, -0.25) is 0 Å². The highest BCUT2D eigenvalue weighted by molar-refractivity contribution is 5.76. The van der Waals surface area contributed by atoms with Gasteiger partial charge in [0.1, 0.15) is 0 Å². The lowest BCUT2D eigenvalue weighted by Crippen LogP contribution is -2.40. The number of aromatic nitrogens is 4. The molecule has 1 rings (SSSR count). The predicted molar refractivity (Wildman–Crippen MR) is 76.5 cm³/mol. The van der Waals surface area contributed by atoms with Gasteiger partial charge in [0.2, 0.25) is 0 Å². The van der Waals surface area contributed by atoms with Crippen LogP contribution in [0.25, 0.3) is 0 Å². The van der Waals surface area contributed by atoms with Crippen molar-refractivity contribution in [2.24, 2.45) is 0 Å². The zero-order valence-electron chi connectivity index (χ0n) is 12.8. The summed E-state index contributed by atoms with van der Waals surface area (Å²) in [5, 5.41) is 20.9. The number of nitrogens with zero attached hydrogens (tertiary/aromatic N) is 4. The van der Waals surface area contributed by atoms with Gasteiger partial charge in [0, 0.05) is 6.42 Å². The Morgan fingerprint density at radius 2 is 1.85 bits per heavy atom. The van der Waals surface area contributed by atoms with Crippen LogP contribution >= 0.6 is 0 Å². The summed E-state index contributed by atoms with van der Waals surface area (Å²) in [6, 6.07) is 0. The lowest BCUT2D eigenvalue weighted by atomic mass is 9.99. The topological polar surface area (TPSA) is 80.9 Å². The average Bonchev–Trinajstić information content (AvgIpc) is 2.90. The molecule has 0 aliphatic heterocycles. The first-order valence-corrected chi connectivity index (χ1v) is 7.57. The molecule has 0 saturated heterocycles. The van der Waals surface area contributed by atoms with Crippen molar-refractivity contribution in [1.82, 2.24) is 20.2 Å². The average molecular weight is 282 g/mol. The van der Waals surface area contributed by atoms with E-state index in [2.05, 4.69) is 22.4 Å². The summed E-state index contributed by atoms with van der Waals surface area (Å²) < 4.78 is 1.47. The van der Waals surface area contributed by atoms with E-state index >= 15 is 0 Å². The van der Waals surface area contributed by atoms with Crippen LogP contribution < -0.4 is 0 Å². The molecule has 1 N–H and O–H groups in total. The zero-order chi connectivity index (χ0) is 15.0. The lowest BCUT2D eigenvalue weighted by Gasteiger charge is -2.23. The molecular formula is C14H26N4O2. The highest BCUT2D eigenvalue weighted by Crippen LogP contribution is 2.21. The Labute approximate surface area is 120 Å². The van der Waals surface area contributed by atoms with E-state index in [1.807, 2.05) is 6.92 Å². The lowest BCUT2D eigenvalue weighted by molar-refractivity contribution is -0.147. The maximum Gasteiger partial charge on any atom is 0.331 e. The fourth-order valence-electron chi connectivity index (χ4n) is 2.20. The molecule has 0 aliphatic rings. The molecule has 0 saturated carbocycles. The van der Waals surface area contributed by atoms with Gasteiger partial charge in [-0.1, -0.05) is 46.0 Å².